The highest BCUT2D eigenvalue weighted by molar-refractivity contribution is 5.87. The minimum Gasteiger partial charge on any atom is -0.480 e. The van der Waals surface area contributed by atoms with Gasteiger partial charge in [-0.05, 0) is 0 Å². The summed E-state index contributed by atoms with van der Waals surface area (Å²) in [6.45, 7) is 1.07. The number of urea groups is 1. The molecule has 2 atom stereocenters. The van der Waals surface area contributed by atoms with Gasteiger partial charge < -0.3 is 30.9 Å². The number of ether oxygens (including phenoxy) is 2. The summed E-state index contributed by atoms with van der Waals surface area (Å²) in [5.74, 6) is -2.14. The van der Waals surface area contributed by atoms with E-state index in [1.54, 1.807) is 0 Å². The molecule has 2 unspecified atom stereocenters. The Morgan fingerprint density at radius 3 is 2.65 bits per heavy atom. The summed E-state index contributed by atoms with van der Waals surface area (Å²) in [4.78, 5) is 33.2. The Labute approximate surface area is 115 Å². The van der Waals surface area contributed by atoms with Crippen LogP contribution in [0.4, 0.5) is 4.79 Å². The Morgan fingerprint density at radius 1 is 1.50 bits per heavy atom. The Kier molecular flexibility index (Phi) is 5.71. The van der Waals surface area contributed by atoms with E-state index >= 15 is 0 Å². The highest BCUT2D eigenvalue weighted by Gasteiger charge is 2.35. The largest absolute Gasteiger partial charge is 0.480 e. The first kappa shape index (κ1) is 16.2. The number of aliphatic carboxylic acids is 1. The van der Waals surface area contributed by atoms with E-state index < -0.39 is 36.0 Å². The molecule has 9 heteroatoms. The summed E-state index contributed by atoms with van der Waals surface area (Å²) in [6, 6.07) is -2.06. The van der Waals surface area contributed by atoms with Crippen LogP contribution in [0.25, 0.3) is 0 Å². The molecule has 0 aromatic carbocycles. The maximum Gasteiger partial charge on any atom is 0.326 e. The SMILES string of the molecule is COC1(CNC(=O)NC(CC(N)=O)C(=O)O)CCOC1. The summed E-state index contributed by atoms with van der Waals surface area (Å²) in [7, 11) is 1.52. The van der Waals surface area contributed by atoms with E-state index in [9.17, 15) is 14.4 Å². The van der Waals surface area contributed by atoms with Gasteiger partial charge in [0.05, 0.1) is 19.6 Å². The third kappa shape index (κ3) is 4.67. The van der Waals surface area contributed by atoms with Crippen LogP contribution in [0.3, 0.4) is 0 Å². The lowest BCUT2D eigenvalue weighted by atomic mass is 10.0. The average Bonchev–Trinajstić information content (AvgIpc) is 2.84. The fraction of sp³-hybridized carbons (Fsp3) is 0.727. The van der Waals surface area contributed by atoms with E-state index in [1.807, 2.05) is 0 Å². The molecule has 1 fully saturated rings. The zero-order valence-corrected chi connectivity index (χ0v) is 11.2. The van der Waals surface area contributed by atoms with Gasteiger partial charge in [-0.3, -0.25) is 4.79 Å². The molecular weight excluding hydrogens is 270 g/mol. The van der Waals surface area contributed by atoms with Gasteiger partial charge in [-0.15, -0.1) is 0 Å². The second-order valence-electron chi connectivity index (χ2n) is 4.58. The first-order valence-electron chi connectivity index (χ1n) is 6.07. The first-order valence-corrected chi connectivity index (χ1v) is 6.07. The van der Waals surface area contributed by atoms with Crippen molar-refractivity contribution in [3.63, 3.8) is 0 Å². The van der Waals surface area contributed by atoms with Crippen molar-refractivity contribution in [3.05, 3.63) is 0 Å². The van der Waals surface area contributed by atoms with Crippen LogP contribution in [0.5, 0.6) is 0 Å². The van der Waals surface area contributed by atoms with E-state index in [2.05, 4.69) is 10.6 Å². The molecule has 1 rings (SSSR count). The number of rotatable bonds is 7. The van der Waals surface area contributed by atoms with Crippen LogP contribution in [-0.2, 0) is 19.1 Å². The molecule has 0 aromatic rings. The second-order valence-corrected chi connectivity index (χ2v) is 4.58. The lowest BCUT2D eigenvalue weighted by molar-refractivity contribution is -0.140. The number of hydrogen-bond donors (Lipinski definition) is 4. The van der Waals surface area contributed by atoms with Crippen molar-refractivity contribution in [2.75, 3.05) is 26.9 Å². The standard InChI is InChI=1S/C11H19N3O6/c1-19-11(2-3-20-6-11)5-13-10(18)14-7(9(16)17)4-8(12)15/h7H,2-6H2,1H3,(H2,12,15)(H,16,17)(H2,13,14,18). The van der Waals surface area contributed by atoms with Gasteiger partial charge >= 0.3 is 12.0 Å². The number of carbonyl (C=O) groups is 3. The molecule has 1 aliphatic rings. The van der Waals surface area contributed by atoms with Crippen LogP contribution in [0.2, 0.25) is 0 Å². The third-order valence-electron chi connectivity index (χ3n) is 3.08. The predicted octanol–water partition coefficient (Wildman–Crippen LogP) is -1.58. The van der Waals surface area contributed by atoms with Crippen molar-refractivity contribution in [1.82, 2.24) is 10.6 Å². The minimum atomic E-state index is -1.36. The monoisotopic (exact) mass is 289 g/mol. The summed E-state index contributed by atoms with van der Waals surface area (Å²) in [5.41, 5.74) is 4.31. The zero-order chi connectivity index (χ0) is 15.2. The summed E-state index contributed by atoms with van der Waals surface area (Å²) in [5, 5.41) is 13.5. The maximum absolute atomic E-state index is 11.6. The molecule has 0 aliphatic carbocycles. The Bertz CT molecular complexity index is 380. The van der Waals surface area contributed by atoms with Crippen LogP contribution in [0.1, 0.15) is 12.8 Å². The van der Waals surface area contributed by atoms with Crippen molar-refractivity contribution in [2.24, 2.45) is 5.73 Å². The Morgan fingerprint density at radius 2 is 2.20 bits per heavy atom. The lowest BCUT2D eigenvalue weighted by Gasteiger charge is -2.26. The van der Waals surface area contributed by atoms with Crippen molar-refractivity contribution >= 4 is 17.9 Å². The molecule has 0 aromatic heterocycles. The molecular formula is C11H19N3O6. The van der Waals surface area contributed by atoms with Gasteiger partial charge in [-0.2, -0.15) is 0 Å². The molecule has 114 valence electrons. The van der Waals surface area contributed by atoms with E-state index in [-0.39, 0.29) is 6.54 Å². The molecule has 20 heavy (non-hydrogen) atoms. The van der Waals surface area contributed by atoms with Crippen molar-refractivity contribution < 1.29 is 29.0 Å². The highest BCUT2D eigenvalue weighted by atomic mass is 16.5. The summed E-state index contributed by atoms with van der Waals surface area (Å²) in [6.07, 6.45) is 0.161. The molecule has 5 N–H and O–H groups in total. The van der Waals surface area contributed by atoms with Crippen LogP contribution in [0, 0.1) is 0 Å². The van der Waals surface area contributed by atoms with Crippen LogP contribution in [-0.4, -0.2) is 61.5 Å². The summed E-state index contributed by atoms with van der Waals surface area (Å²) < 4.78 is 10.5. The fourth-order valence-electron chi connectivity index (χ4n) is 1.81. The van der Waals surface area contributed by atoms with Gasteiger partial charge in [0.2, 0.25) is 5.91 Å². The zero-order valence-electron chi connectivity index (χ0n) is 11.2. The van der Waals surface area contributed by atoms with Gasteiger partial charge in [0.25, 0.3) is 0 Å². The van der Waals surface area contributed by atoms with Crippen LogP contribution in [0.15, 0.2) is 0 Å². The average molecular weight is 289 g/mol. The number of nitrogens with two attached hydrogens (primary N) is 1. The minimum absolute atomic E-state index is 0.179. The normalized spacial score (nSPS) is 23.1. The number of amides is 3. The number of carboxylic acids is 1. The van der Waals surface area contributed by atoms with Crippen LogP contribution >= 0.6 is 0 Å². The topological polar surface area (TPSA) is 140 Å². The molecule has 0 saturated carbocycles. The first-order chi connectivity index (χ1) is 9.38. The molecule has 3 amide bonds. The Hall–Kier alpha value is -1.87. The van der Waals surface area contributed by atoms with E-state index in [0.717, 1.165) is 0 Å². The predicted molar refractivity (Wildman–Crippen MR) is 66.9 cm³/mol. The number of methoxy groups -OCH3 is 1. The molecule has 1 heterocycles. The van der Waals surface area contributed by atoms with Crippen molar-refractivity contribution in [2.45, 2.75) is 24.5 Å². The van der Waals surface area contributed by atoms with Gasteiger partial charge in [-0.25, -0.2) is 9.59 Å². The van der Waals surface area contributed by atoms with E-state index in [0.29, 0.717) is 19.6 Å². The highest BCUT2D eigenvalue weighted by Crippen LogP contribution is 2.21. The van der Waals surface area contributed by atoms with Gasteiger partial charge in [0.15, 0.2) is 0 Å². The van der Waals surface area contributed by atoms with Gasteiger partial charge in [-0.1, -0.05) is 0 Å². The summed E-state index contributed by atoms with van der Waals surface area (Å²) >= 11 is 0. The number of hydrogen-bond acceptors (Lipinski definition) is 5. The molecule has 1 saturated heterocycles. The van der Waals surface area contributed by atoms with Crippen molar-refractivity contribution in [1.29, 1.82) is 0 Å². The number of nitrogens with one attached hydrogen (secondary N) is 2. The number of carbonyl (C=O) groups excluding carboxylic acids is 2. The van der Waals surface area contributed by atoms with E-state index in [1.165, 1.54) is 7.11 Å². The third-order valence-corrected chi connectivity index (χ3v) is 3.08. The second kappa shape index (κ2) is 7.06. The lowest BCUT2D eigenvalue weighted by Crippen LogP contribution is -2.52. The van der Waals surface area contributed by atoms with E-state index in [4.69, 9.17) is 20.3 Å². The fourth-order valence-corrected chi connectivity index (χ4v) is 1.81. The smallest absolute Gasteiger partial charge is 0.326 e. The van der Waals surface area contributed by atoms with Crippen LogP contribution < -0.4 is 16.4 Å². The molecule has 1 aliphatic heterocycles. The number of primary amides is 1. The number of carboxylic acid groups (broad SMARTS) is 1. The quantitative estimate of drug-likeness (QED) is 0.446. The maximum atomic E-state index is 11.6. The Balaban J connectivity index is 2.45. The molecule has 0 bridgehead atoms. The molecule has 9 nitrogen and oxygen atoms in total. The molecule has 0 radical (unpaired) electrons. The van der Waals surface area contributed by atoms with Gasteiger partial charge in [0, 0.05) is 20.1 Å². The molecule has 0 spiro atoms. The van der Waals surface area contributed by atoms with Crippen molar-refractivity contribution in [3.8, 4) is 0 Å². The van der Waals surface area contributed by atoms with Gasteiger partial charge in [0.1, 0.15) is 11.6 Å².